The van der Waals surface area contributed by atoms with Gasteiger partial charge in [0, 0.05) is 12.1 Å². The molecule has 0 spiro atoms. The highest BCUT2D eigenvalue weighted by Crippen LogP contribution is 2.40. The van der Waals surface area contributed by atoms with Crippen molar-refractivity contribution >= 4 is 40.6 Å². The number of ether oxygens (including phenoxy) is 2. The summed E-state index contributed by atoms with van der Waals surface area (Å²) in [6, 6.07) is 10.7. The molecule has 0 aliphatic carbocycles. The molecule has 2 aromatic rings. The number of nitro groups is 1. The number of amides is 2. The summed E-state index contributed by atoms with van der Waals surface area (Å²) in [6.07, 6.45) is 0. The maximum atomic E-state index is 13.4. The van der Waals surface area contributed by atoms with E-state index in [0.29, 0.717) is 11.4 Å². The molecular weight excluding hydrogens is 420 g/mol. The number of non-ortho nitro benzene ring substituents is 1. The van der Waals surface area contributed by atoms with Gasteiger partial charge in [-0.3, -0.25) is 24.7 Å². The predicted molar refractivity (Wildman–Crippen MR) is 112 cm³/mol. The van der Waals surface area contributed by atoms with Gasteiger partial charge in [0.05, 0.1) is 30.0 Å². The molecule has 1 fully saturated rings. The van der Waals surface area contributed by atoms with Crippen LogP contribution in [0.2, 0.25) is 0 Å². The lowest BCUT2D eigenvalue weighted by Gasteiger charge is -2.22. The zero-order valence-electron chi connectivity index (χ0n) is 17.1. The molecule has 2 amide bonds. The summed E-state index contributed by atoms with van der Waals surface area (Å²) in [7, 11) is 1.42. The van der Waals surface area contributed by atoms with Crippen LogP contribution in [0.5, 0.6) is 5.75 Å². The largest absolute Gasteiger partial charge is 0.495 e. The van der Waals surface area contributed by atoms with E-state index in [2.05, 4.69) is 5.10 Å². The van der Waals surface area contributed by atoms with Gasteiger partial charge in [0.15, 0.2) is 5.71 Å². The number of carbonyl (C=O) groups is 3. The maximum absolute atomic E-state index is 13.4. The van der Waals surface area contributed by atoms with Crippen LogP contribution in [0.1, 0.15) is 6.92 Å². The Balaban J connectivity index is 1.79. The molecule has 0 N–H and O–H groups in total. The molecular formula is C21H18N4O7. The zero-order valence-corrected chi connectivity index (χ0v) is 17.1. The SMILES string of the molecule is CCOC(=O)C1=NN(c2ccc([N+](=O)[O-])cc2)[C@@H]2C(=O)N(c3ccccc3OC)C(=O)[C@H]12. The second-order valence-electron chi connectivity index (χ2n) is 6.93. The smallest absolute Gasteiger partial charge is 0.355 e. The number of hydrazone groups is 1. The Morgan fingerprint density at radius 3 is 2.44 bits per heavy atom. The third-order valence-electron chi connectivity index (χ3n) is 5.18. The van der Waals surface area contributed by atoms with Crippen LogP contribution >= 0.6 is 0 Å². The molecule has 2 aliphatic heterocycles. The van der Waals surface area contributed by atoms with E-state index < -0.39 is 34.7 Å². The van der Waals surface area contributed by atoms with Crippen LogP contribution in [0.15, 0.2) is 53.6 Å². The first kappa shape index (κ1) is 21.0. The Bertz CT molecular complexity index is 1150. The summed E-state index contributed by atoms with van der Waals surface area (Å²) in [5.41, 5.74) is 0.203. The van der Waals surface area contributed by atoms with Gasteiger partial charge in [-0.05, 0) is 31.2 Å². The molecule has 2 aliphatic rings. The number of para-hydroxylation sites is 2. The summed E-state index contributed by atoms with van der Waals surface area (Å²) in [6.45, 7) is 1.67. The lowest BCUT2D eigenvalue weighted by Crippen LogP contribution is -2.39. The van der Waals surface area contributed by atoms with Crippen molar-refractivity contribution in [2.75, 3.05) is 23.6 Å². The third kappa shape index (κ3) is 3.23. The van der Waals surface area contributed by atoms with Crippen molar-refractivity contribution in [3.8, 4) is 5.75 Å². The van der Waals surface area contributed by atoms with Crippen molar-refractivity contribution in [2.45, 2.75) is 13.0 Å². The molecule has 164 valence electrons. The topological polar surface area (TPSA) is 132 Å². The summed E-state index contributed by atoms with van der Waals surface area (Å²) in [5.74, 6) is -2.94. The zero-order chi connectivity index (χ0) is 23.0. The van der Waals surface area contributed by atoms with Gasteiger partial charge in [0.1, 0.15) is 17.7 Å². The highest BCUT2D eigenvalue weighted by atomic mass is 16.6. The first-order valence-electron chi connectivity index (χ1n) is 9.69. The number of carbonyl (C=O) groups excluding carboxylic acids is 3. The molecule has 0 unspecified atom stereocenters. The Hall–Kier alpha value is -4.28. The quantitative estimate of drug-likeness (QED) is 0.289. The van der Waals surface area contributed by atoms with Gasteiger partial charge in [0.25, 0.3) is 11.6 Å². The van der Waals surface area contributed by atoms with Crippen LogP contribution in [-0.4, -0.2) is 48.2 Å². The van der Waals surface area contributed by atoms with Gasteiger partial charge >= 0.3 is 5.97 Å². The molecule has 11 heteroatoms. The molecule has 2 heterocycles. The monoisotopic (exact) mass is 438 g/mol. The van der Waals surface area contributed by atoms with Crippen molar-refractivity contribution in [1.29, 1.82) is 0 Å². The molecule has 0 saturated carbocycles. The minimum absolute atomic E-state index is 0.0606. The molecule has 11 nitrogen and oxygen atoms in total. The molecule has 2 atom stereocenters. The molecule has 1 saturated heterocycles. The Morgan fingerprint density at radius 1 is 1.12 bits per heavy atom. The van der Waals surface area contributed by atoms with Crippen molar-refractivity contribution in [3.05, 3.63) is 58.6 Å². The summed E-state index contributed by atoms with van der Waals surface area (Å²) < 4.78 is 10.3. The van der Waals surface area contributed by atoms with Crippen molar-refractivity contribution < 1.29 is 28.8 Å². The summed E-state index contributed by atoms with van der Waals surface area (Å²) in [4.78, 5) is 50.7. The Morgan fingerprint density at radius 2 is 1.81 bits per heavy atom. The molecule has 0 bridgehead atoms. The minimum atomic E-state index is -1.19. The van der Waals surface area contributed by atoms with Crippen LogP contribution < -0.4 is 14.6 Å². The number of nitrogens with zero attached hydrogens (tertiary/aromatic N) is 4. The summed E-state index contributed by atoms with van der Waals surface area (Å²) in [5, 5.41) is 16.4. The van der Waals surface area contributed by atoms with Gasteiger partial charge in [-0.25, -0.2) is 9.69 Å². The van der Waals surface area contributed by atoms with E-state index >= 15 is 0 Å². The Kier molecular flexibility index (Phi) is 5.31. The van der Waals surface area contributed by atoms with Crippen LogP contribution in [0.25, 0.3) is 0 Å². The highest BCUT2D eigenvalue weighted by molar-refractivity contribution is 6.47. The standard InChI is InChI=1S/C21H18N4O7/c1-3-32-21(28)17-16-18(24(22-17)12-8-10-13(11-9-12)25(29)30)20(27)23(19(16)26)14-6-4-5-7-15(14)31-2/h4-11,16,18H,3H2,1-2H3/t16-,18+/m1/s1. The Labute approximate surface area is 182 Å². The lowest BCUT2D eigenvalue weighted by molar-refractivity contribution is -0.384. The number of methoxy groups -OCH3 is 1. The van der Waals surface area contributed by atoms with Gasteiger partial charge < -0.3 is 9.47 Å². The fourth-order valence-corrected chi connectivity index (χ4v) is 3.78. The lowest BCUT2D eigenvalue weighted by atomic mass is 9.97. The van der Waals surface area contributed by atoms with Gasteiger partial charge in [0.2, 0.25) is 5.91 Å². The van der Waals surface area contributed by atoms with Gasteiger partial charge in [-0.1, -0.05) is 12.1 Å². The number of rotatable bonds is 6. The molecule has 4 rings (SSSR count). The summed E-state index contributed by atoms with van der Waals surface area (Å²) >= 11 is 0. The van der Waals surface area contributed by atoms with Gasteiger partial charge in [-0.15, -0.1) is 0 Å². The number of fused-ring (bicyclic) bond motifs is 1. The number of benzene rings is 2. The number of anilines is 2. The molecule has 0 aromatic heterocycles. The molecule has 2 aromatic carbocycles. The van der Waals surface area contributed by atoms with Crippen LogP contribution in [0.4, 0.5) is 17.1 Å². The van der Waals surface area contributed by atoms with Crippen molar-refractivity contribution in [3.63, 3.8) is 0 Å². The van der Waals surface area contributed by atoms with Crippen LogP contribution in [0.3, 0.4) is 0 Å². The van der Waals surface area contributed by atoms with E-state index in [-0.39, 0.29) is 23.7 Å². The second kappa shape index (κ2) is 8.10. The fraction of sp³-hybridized carbons (Fsp3) is 0.238. The van der Waals surface area contributed by atoms with E-state index in [9.17, 15) is 24.5 Å². The number of nitro benzene ring substituents is 1. The fourth-order valence-electron chi connectivity index (χ4n) is 3.78. The highest BCUT2D eigenvalue weighted by Gasteiger charge is 2.59. The van der Waals surface area contributed by atoms with Crippen LogP contribution in [0, 0.1) is 16.0 Å². The van der Waals surface area contributed by atoms with Crippen molar-refractivity contribution in [2.24, 2.45) is 11.0 Å². The average molecular weight is 438 g/mol. The predicted octanol–water partition coefficient (Wildman–Crippen LogP) is 1.90. The van der Waals surface area contributed by atoms with E-state index in [1.807, 2.05) is 0 Å². The van der Waals surface area contributed by atoms with E-state index in [1.165, 1.54) is 36.4 Å². The average Bonchev–Trinajstić information content (AvgIpc) is 3.31. The van der Waals surface area contributed by atoms with E-state index in [1.54, 1.807) is 31.2 Å². The number of hydrogen-bond donors (Lipinski definition) is 0. The maximum Gasteiger partial charge on any atom is 0.355 e. The van der Waals surface area contributed by atoms with E-state index in [4.69, 9.17) is 9.47 Å². The molecule has 32 heavy (non-hydrogen) atoms. The third-order valence-corrected chi connectivity index (χ3v) is 5.18. The van der Waals surface area contributed by atoms with E-state index in [0.717, 1.165) is 4.90 Å². The minimum Gasteiger partial charge on any atom is -0.495 e. The second-order valence-corrected chi connectivity index (χ2v) is 6.93. The number of hydrogen-bond acceptors (Lipinski definition) is 9. The van der Waals surface area contributed by atoms with Crippen molar-refractivity contribution in [1.82, 2.24) is 0 Å². The first-order chi connectivity index (χ1) is 15.4. The van der Waals surface area contributed by atoms with Gasteiger partial charge in [-0.2, -0.15) is 5.10 Å². The number of imide groups is 1. The normalized spacial score (nSPS) is 19.6. The van der Waals surface area contributed by atoms with Crippen LogP contribution in [-0.2, 0) is 19.1 Å². The first-order valence-corrected chi connectivity index (χ1v) is 9.69. The molecule has 0 radical (unpaired) electrons. The number of esters is 1.